The SMILES string of the molecule is Cn1nc(C(C)(C)C)c(Cl)c1C=O. The second kappa shape index (κ2) is 3.14. The Morgan fingerprint density at radius 1 is 1.46 bits per heavy atom. The molecule has 0 radical (unpaired) electrons. The number of halogens is 1. The zero-order valence-corrected chi connectivity index (χ0v) is 9.01. The summed E-state index contributed by atoms with van der Waals surface area (Å²) >= 11 is 6.00. The lowest BCUT2D eigenvalue weighted by atomic mass is 9.92. The van der Waals surface area contributed by atoms with Crippen LogP contribution < -0.4 is 0 Å². The van der Waals surface area contributed by atoms with E-state index in [0.717, 1.165) is 12.0 Å². The first kappa shape index (κ1) is 10.3. The maximum absolute atomic E-state index is 10.6. The minimum Gasteiger partial charge on any atom is -0.296 e. The third kappa shape index (κ3) is 1.75. The van der Waals surface area contributed by atoms with Crippen LogP contribution >= 0.6 is 11.6 Å². The molecule has 0 unspecified atom stereocenters. The van der Waals surface area contributed by atoms with Crippen LogP contribution in [0.5, 0.6) is 0 Å². The number of rotatable bonds is 1. The maximum atomic E-state index is 10.6. The Kier molecular flexibility index (Phi) is 2.48. The van der Waals surface area contributed by atoms with Crippen LogP contribution in [0.3, 0.4) is 0 Å². The lowest BCUT2D eigenvalue weighted by Gasteiger charge is -2.14. The average Bonchev–Trinajstić information content (AvgIpc) is 2.25. The van der Waals surface area contributed by atoms with E-state index in [1.54, 1.807) is 7.05 Å². The number of carbonyl (C=O) groups excluding carboxylic acids is 1. The van der Waals surface area contributed by atoms with E-state index < -0.39 is 0 Å². The zero-order valence-electron chi connectivity index (χ0n) is 8.26. The third-order valence-electron chi connectivity index (χ3n) is 1.85. The normalized spacial score (nSPS) is 11.8. The van der Waals surface area contributed by atoms with Crippen molar-refractivity contribution in [1.29, 1.82) is 0 Å². The van der Waals surface area contributed by atoms with Crippen LogP contribution in [0.15, 0.2) is 0 Å². The number of carbonyl (C=O) groups is 1. The van der Waals surface area contributed by atoms with Crippen LogP contribution in [0.2, 0.25) is 5.02 Å². The molecule has 0 fully saturated rings. The van der Waals surface area contributed by atoms with Crippen LogP contribution in [0.4, 0.5) is 0 Å². The molecule has 0 N–H and O–H groups in total. The molecule has 1 heterocycles. The topological polar surface area (TPSA) is 34.9 Å². The van der Waals surface area contributed by atoms with Crippen LogP contribution in [-0.4, -0.2) is 16.1 Å². The molecule has 3 nitrogen and oxygen atoms in total. The molecule has 0 aliphatic rings. The van der Waals surface area contributed by atoms with Crippen molar-refractivity contribution < 1.29 is 4.79 Å². The number of nitrogens with zero attached hydrogens (tertiary/aromatic N) is 2. The van der Waals surface area contributed by atoms with Gasteiger partial charge in [0.1, 0.15) is 5.69 Å². The second-order valence-corrected chi connectivity index (χ2v) is 4.42. The summed E-state index contributed by atoms with van der Waals surface area (Å²) in [6, 6.07) is 0. The number of aryl methyl sites for hydroxylation is 1. The molecule has 0 aliphatic heterocycles. The Balaban J connectivity index is 3.34. The fourth-order valence-electron chi connectivity index (χ4n) is 1.12. The van der Waals surface area contributed by atoms with E-state index >= 15 is 0 Å². The summed E-state index contributed by atoms with van der Waals surface area (Å²) in [5.74, 6) is 0. The maximum Gasteiger partial charge on any atom is 0.169 e. The number of hydrogen-bond acceptors (Lipinski definition) is 2. The van der Waals surface area contributed by atoms with Gasteiger partial charge in [0.2, 0.25) is 0 Å². The zero-order chi connectivity index (χ0) is 10.2. The highest BCUT2D eigenvalue weighted by Gasteiger charge is 2.24. The standard InChI is InChI=1S/C9H13ClN2O/c1-9(2,3)8-7(10)6(5-13)12(4)11-8/h5H,1-4H3. The molecular formula is C9H13ClN2O. The summed E-state index contributed by atoms with van der Waals surface area (Å²) in [4.78, 5) is 10.6. The molecule has 0 amide bonds. The Morgan fingerprint density at radius 3 is 2.23 bits per heavy atom. The molecule has 0 aliphatic carbocycles. The van der Waals surface area contributed by atoms with Crippen molar-refractivity contribution in [3.8, 4) is 0 Å². The van der Waals surface area contributed by atoms with Gasteiger partial charge in [0, 0.05) is 12.5 Å². The monoisotopic (exact) mass is 200 g/mol. The van der Waals surface area contributed by atoms with Crippen molar-refractivity contribution in [2.45, 2.75) is 26.2 Å². The first-order valence-corrected chi connectivity index (χ1v) is 4.44. The predicted molar refractivity (Wildman–Crippen MR) is 52.3 cm³/mol. The fourth-order valence-corrected chi connectivity index (χ4v) is 1.61. The van der Waals surface area contributed by atoms with Crippen LogP contribution in [0, 0.1) is 0 Å². The van der Waals surface area contributed by atoms with Gasteiger partial charge in [0.15, 0.2) is 6.29 Å². The third-order valence-corrected chi connectivity index (χ3v) is 2.23. The molecule has 1 aromatic heterocycles. The summed E-state index contributed by atoms with van der Waals surface area (Å²) in [6.07, 6.45) is 0.727. The van der Waals surface area contributed by atoms with Crippen LogP contribution in [-0.2, 0) is 12.5 Å². The van der Waals surface area contributed by atoms with E-state index in [2.05, 4.69) is 5.10 Å². The molecule has 13 heavy (non-hydrogen) atoms. The summed E-state index contributed by atoms with van der Waals surface area (Å²) < 4.78 is 1.51. The van der Waals surface area contributed by atoms with E-state index in [0.29, 0.717) is 10.7 Å². The van der Waals surface area contributed by atoms with E-state index in [-0.39, 0.29) is 5.41 Å². The molecule has 0 aromatic carbocycles. The molecule has 1 rings (SSSR count). The molecular weight excluding hydrogens is 188 g/mol. The lowest BCUT2D eigenvalue weighted by molar-refractivity contribution is 0.111. The van der Waals surface area contributed by atoms with Crippen molar-refractivity contribution in [2.75, 3.05) is 0 Å². The van der Waals surface area contributed by atoms with Gasteiger partial charge in [-0.25, -0.2) is 0 Å². The summed E-state index contributed by atoms with van der Waals surface area (Å²) in [5, 5.41) is 4.67. The average molecular weight is 201 g/mol. The molecule has 4 heteroatoms. The van der Waals surface area contributed by atoms with Gasteiger partial charge in [0.05, 0.1) is 10.7 Å². The first-order chi connectivity index (χ1) is 5.88. The highest BCUT2D eigenvalue weighted by atomic mass is 35.5. The Bertz CT molecular complexity index is 336. The van der Waals surface area contributed by atoms with E-state index in [4.69, 9.17) is 11.6 Å². The quantitative estimate of drug-likeness (QED) is 0.652. The molecule has 0 saturated carbocycles. The van der Waals surface area contributed by atoms with Crippen molar-refractivity contribution in [3.05, 3.63) is 16.4 Å². The highest BCUT2D eigenvalue weighted by Crippen LogP contribution is 2.29. The van der Waals surface area contributed by atoms with Gasteiger partial charge in [-0.15, -0.1) is 0 Å². The minimum atomic E-state index is -0.129. The van der Waals surface area contributed by atoms with E-state index in [1.165, 1.54) is 4.68 Å². The Hall–Kier alpha value is -0.830. The van der Waals surface area contributed by atoms with Gasteiger partial charge in [0.25, 0.3) is 0 Å². The molecule has 0 spiro atoms. The Labute approximate surface area is 82.7 Å². The Morgan fingerprint density at radius 2 is 2.00 bits per heavy atom. The van der Waals surface area contributed by atoms with Crippen molar-refractivity contribution in [2.24, 2.45) is 7.05 Å². The van der Waals surface area contributed by atoms with Gasteiger partial charge in [-0.05, 0) is 0 Å². The number of aromatic nitrogens is 2. The van der Waals surface area contributed by atoms with E-state index in [1.807, 2.05) is 20.8 Å². The van der Waals surface area contributed by atoms with Crippen LogP contribution in [0.25, 0.3) is 0 Å². The molecule has 0 atom stereocenters. The fraction of sp³-hybridized carbons (Fsp3) is 0.556. The summed E-state index contributed by atoms with van der Waals surface area (Å²) in [7, 11) is 1.71. The predicted octanol–water partition coefficient (Wildman–Crippen LogP) is 2.18. The van der Waals surface area contributed by atoms with Gasteiger partial charge in [-0.1, -0.05) is 32.4 Å². The summed E-state index contributed by atoms with van der Waals surface area (Å²) in [6.45, 7) is 6.03. The van der Waals surface area contributed by atoms with Crippen molar-refractivity contribution >= 4 is 17.9 Å². The minimum absolute atomic E-state index is 0.129. The highest BCUT2D eigenvalue weighted by molar-refractivity contribution is 6.33. The van der Waals surface area contributed by atoms with Gasteiger partial charge < -0.3 is 0 Å². The number of aldehydes is 1. The van der Waals surface area contributed by atoms with E-state index in [9.17, 15) is 4.79 Å². The molecule has 0 bridgehead atoms. The smallest absolute Gasteiger partial charge is 0.169 e. The van der Waals surface area contributed by atoms with Gasteiger partial charge in [-0.3, -0.25) is 9.48 Å². The second-order valence-electron chi connectivity index (χ2n) is 4.04. The van der Waals surface area contributed by atoms with Gasteiger partial charge >= 0.3 is 0 Å². The molecule has 72 valence electrons. The van der Waals surface area contributed by atoms with Crippen molar-refractivity contribution in [3.63, 3.8) is 0 Å². The molecule has 0 saturated heterocycles. The van der Waals surface area contributed by atoms with Crippen molar-refractivity contribution in [1.82, 2.24) is 9.78 Å². The number of hydrogen-bond donors (Lipinski definition) is 0. The van der Waals surface area contributed by atoms with Crippen LogP contribution in [0.1, 0.15) is 37.0 Å². The largest absolute Gasteiger partial charge is 0.296 e. The summed E-state index contributed by atoms with van der Waals surface area (Å²) in [5.41, 5.74) is 1.07. The lowest BCUT2D eigenvalue weighted by Crippen LogP contribution is -2.12. The first-order valence-electron chi connectivity index (χ1n) is 4.06. The van der Waals surface area contributed by atoms with Gasteiger partial charge in [-0.2, -0.15) is 5.10 Å². The molecule has 1 aromatic rings.